The van der Waals surface area contributed by atoms with Crippen LogP contribution in [0.15, 0.2) is 131 Å². The van der Waals surface area contributed by atoms with Gasteiger partial charge in [0.2, 0.25) is 11.2 Å². The maximum atomic E-state index is 14.1. The molecule has 0 spiro atoms. The minimum atomic E-state index is 0.0765. The van der Waals surface area contributed by atoms with Gasteiger partial charge < -0.3 is 5.11 Å². The standard InChI is InChI=1S/C43H47N3O/c1-3-5-7-16-28-45-36(26-24-34-20-12-14-22-40(34)45)30-38-42(44-32-33-18-10-9-11-19-33)39(43(38)47)31-37-27-25-35-21-13-15-23-41(35)46(37)29-17-8-6-4-2/h9-15,18-27,30-31H,3-8,16-17,28-29,32H2,1-2H3/p+1. The number of unbranched alkanes of at least 4 members (excludes halogenated alkanes) is 6. The van der Waals surface area contributed by atoms with Crippen LogP contribution in [0, 0.1) is 0 Å². The molecule has 4 aromatic rings. The molecule has 0 saturated carbocycles. The second kappa shape index (κ2) is 15.8. The highest BCUT2D eigenvalue weighted by atomic mass is 16.3. The fraction of sp³-hybridized carbons (Fsp3) is 0.302. The number of aromatic nitrogens is 1. The van der Waals surface area contributed by atoms with Gasteiger partial charge in [-0.1, -0.05) is 99.9 Å². The normalized spacial score (nSPS) is 18.3. The maximum Gasteiger partial charge on any atom is 0.212 e. The van der Waals surface area contributed by atoms with Gasteiger partial charge in [0.15, 0.2) is 0 Å². The molecule has 240 valence electrons. The number of benzene rings is 3. The Morgan fingerprint density at radius 2 is 1.47 bits per heavy atom. The predicted octanol–water partition coefficient (Wildman–Crippen LogP) is 8.07. The van der Waals surface area contributed by atoms with Crippen LogP contribution in [0.25, 0.3) is 23.1 Å². The fourth-order valence-electron chi connectivity index (χ4n) is 6.78. The number of fused-ring (bicyclic) bond motifs is 2. The first-order valence-corrected chi connectivity index (χ1v) is 17.7. The Hall–Kier alpha value is -4.54. The molecule has 0 radical (unpaired) electrons. The van der Waals surface area contributed by atoms with Crippen molar-refractivity contribution in [2.24, 2.45) is 4.99 Å². The van der Waals surface area contributed by atoms with Crippen molar-refractivity contribution in [1.29, 1.82) is 0 Å². The minimum Gasteiger partial charge on any atom is -0.872 e. The molecule has 1 N–H and O–H groups in total. The van der Waals surface area contributed by atoms with Crippen molar-refractivity contribution >= 4 is 34.5 Å². The summed E-state index contributed by atoms with van der Waals surface area (Å²) in [6, 6.07) is 31.8. The molecule has 2 aliphatic rings. The average Bonchev–Trinajstić information content (AvgIpc) is 3.12. The molecular formula is C43H48N3O+. The van der Waals surface area contributed by atoms with Crippen LogP contribution in [-0.4, -0.2) is 12.3 Å². The summed E-state index contributed by atoms with van der Waals surface area (Å²) in [6.07, 6.45) is 18.2. The predicted molar refractivity (Wildman–Crippen MR) is 194 cm³/mol. The third kappa shape index (κ3) is 7.55. The van der Waals surface area contributed by atoms with E-state index in [1.54, 1.807) is 0 Å². The molecule has 0 amide bonds. The highest BCUT2D eigenvalue weighted by Crippen LogP contribution is 2.32. The summed E-state index contributed by atoms with van der Waals surface area (Å²) < 4.78 is 2.39. The summed E-state index contributed by atoms with van der Waals surface area (Å²) in [5.41, 5.74) is 9.29. The molecule has 1 atom stereocenters. The van der Waals surface area contributed by atoms with Crippen molar-refractivity contribution in [3.63, 3.8) is 0 Å². The van der Waals surface area contributed by atoms with E-state index in [4.69, 9.17) is 4.99 Å². The number of nitrogens with zero attached hydrogens (tertiary/aromatic N) is 2. The number of para-hydroxylation sites is 2. The van der Waals surface area contributed by atoms with Gasteiger partial charge in [0.05, 0.1) is 18.8 Å². The van der Waals surface area contributed by atoms with Crippen molar-refractivity contribution in [3.05, 3.63) is 143 Å². The van der Waals surface area contributed by atoms with Gasteiger partial charge in [0.1, 0.15) is 17.9 Å². The average molecular weight is 623 g/mol. The van der Waals surface area contributed by atoms with Gasteiger partial charge in [-0.2, -0.15) is 4.57 Å². The Morgan fingerprint density at radius 1 is 0.723 bits per heavy atom. The van der Waals surface area contributed by atoms with Gasteiger partial charge in [-0.3, -0.25) is 9.89 Å². The lowest BCUT2D eigenvalue weighted by molar-refractivity contribution is -0.788. The molecule has 4 nitrogen and oxygen atoms in total. The quantitative estimate of drug-likeness (QED) is 0.112. The van der Waals surface area contributed by atoms with Crippen LogP contribution in [-0.2, 0) is 13.1 Å². The van der Waals surface area contributed by atoms with E-state index in [9.17, 15) is 5.11 Å². The van der Waals surface area contributed by atoms with E-state index in [-0.39, 0.29) is 5.76 Å². The summed E-state index contributed by atoms with van der Waals surface area (Å²) in [7, 11) is 0. The van der Waals surface area contributed by atoms with Gasteiger partial charge in [0.25, 0.3) is 0 Å². The largest absolute Gasteiger partial charge is 0.872 e. The lowest BCUT2D eigenvalue weighted by atomic mass is 9.85. The highest BCUT2D eigenvalue weighted by molar-refractivity contribution is 6.26. The number of aryl methyl sites for hydroxylation is 1. The monoisotopic (exact) mass is 622 g/mol. The highest BCUT2D eigenvalue weighted by Gasteiger charge is 2.29. The second-order valence-corrected chi connectivity index (χ2v) is 12.8. The van der Waals surface area contributed by atoms with Crippen LogP contribution in [0.2, 0.25) is 0 Å². The minimum absolute atomic E-state index is 0.0765. The van der Waals surface area contributed by atoms with E-state index < -0.39 is 0 Å². The molecule has 6 rings (SSSR count). The third-order valence-electron chi connectivity index (χ3n) is 9.42. The van der Waals surface area contributed by atoms with Crippen molar-refractivity contribution in [2.75, 3.05) is 6.54 Å². The SMILES string of the molecule is CCCCCC[n+]1c(C=C2C(=NCc3ccccc3)C(C=C3C=Cc4ccccc4[NH+]3CCCCCC)=C2[O-])ccc2ccccc21. The van der Waals surface area contributed by atoms with E-state index in [1.807, 2.05) is 18.2 Å². The number of pyridine rings is 1. The molecular weight excluding hydrogens is 574 g/mol. The van der Waals surface area contributed by atoms with Crippen molar-refractivity contribution < 1.29 is 14.6 Å². The van der Waals surface area contributed by atoms with E-state index in [1.165, 1.54) is 65.6 Å². The summed E-state index contributed by atoms with van der Waals surface area (Å²) in [5.74, 6) is 0.0765. The summed E-state index contributed by atoms with van der Waals surface area (Å²) >= 11 is 0. The Balaban J connectivity index is 1.41. The number of hydrogen-bond donors (Lipinski definition) is 1. The number of hydrogen-bond acceptors (Lipinski definition) is 2. The van der Waals surface area contributed by atoms with E-state index in [0.29, 0.717) is 17.7 Å². The zero-order chi connectivity index (χ0) is 32.4. The van der Waals surface area contributed by atoms with Crippen molar-refractivity contribution in [1.82, 2.24) is 0 Å². The summed E-state index contributed by atoms with van der Waals surface area (Å²) in [5, 5.41) is 15.3. The zero-order valence-corrected chi connectivity index (χ0v) is 28.1. The molecule has 1 aromatic heterocycles. The number of aliphatic imine (C=N–C) groups is 1. The van der Waals surface area contributed by atoms with E-state index in [2.05, 4.69) is 116 Å². The molecule has 0 saturated heterocycles. The topological polar surface area (TPSA) is 43.7 Å². The van der Waals surface area contributed by atoms with E-state index >= 15 is 0 Å². The number of allylic oxidation sites excluding steroid dienone is 4. The van der Waals surface area contributed by atoms with E-state index in [0.717, 1.165) is 48.6 Å². The summed E-state index contributed by atoms with van der Waals surface area (Å²) in [4.78, 5) is 6.44. The van der Waals surface area contributed by atoms with Crippen LogP contribution in [0.4, 0.5) is 5.69 Å². The summed E-state index contributed by atoms with van der Waals surface area (Å²) in [6.45, 7) is 6.96. The van der Waals surface area contributed by atoms with Crippen LogP contribution in [0.3, 0.4) is 0 Å². The van der Waals surface area contributed by atoms with Crippen LogP contribution in [0.1, 0.15) is 82.0 Å². The molecule has 1 aliphatic heterocycles. The molecule has 4 heteroatoms. The molecule has 1 unspecified atom stereocenters. The first kappa shape index (κ1) is 32.4. The smallest absolute Gasteiger partial charge is 0.212 e. The fourth-order valence-corrected chi connectivity index (χ4v) is 6.78. The zero-order valence-electron chi connectivity index (χ0n) is 28.1. The molecule has 0 bridgehead atoms. The molecule has 0 fully saturated rings. The van der Waals surface area contributed by atoms with Crippen molar-refractivity contribution in [2.45, 2.75) is 78.3 Å². The second-order valence-electron chi connectivity index (χ2n) is 12.8. The van der Waals surface area contributed by atoms with Gasteiger partial charge >= 0.3 is 0 Å². The first-order valence-electron chi connectivity index (χ1n) is 17.7. The van der Waals surface area contributed by atoms with Crippen LogP contribution >= 0.6 is 0 Å². The first-order chi connectivity index (χ1) is 23.2. The maximum absolute atomic E-state index is 14.1. The number of quaternary nitrogens is 1. The Bertz CT molecular complexity index is 1840. The van der Waals surface area contributed by atoms with Crippen molar-refractivity contribution in [3.8, 4) is 0 Å². The lowest BCUT2D eigenvalue weighted by Crippen LogP contribution is -3.05. The van der Waals surface area contributed by atoms with Crippen LogP contribution in [0.5, 0.6) is 0 Å². The Morgan fingerprint density at radius 3 is 2.30 bits per heavy atom. The van der Waals surface area contributed by atoms with Crippen LogP contribution < -0.4 is 14.6 Å². The molecule has 47 heavy (non-hydrogen) atoms. The molecule has 1 aliphatic carbocycles. The number of rotatable bonds is 14. The molecule has 3 aromatic carbocycles. The number of nitrogens with one attached hydrogen (secondary N) is 1. The molecule has 2 heterocycles. The third-order valence-corrected chi connectivity index (χ3v) is 9.42. The van der Waals surface area contributed by atoms with Gasteiger partial charge in [-0.25, -0.2) is 0 Å². The Kier molecular flexibility index (Phi) is 10.9. The Labute approximate surface area is 280 Å². The van der Waals surface area contributed by atoms with Gasteiger partial charge in [-0.15, -0.1) is 0 Å². The van der Waals surface area contributed by atoms with Gasteiger partial charge in [-0.05, 0) is 60.2 Å². The lowest BCUT2D eigenvalue weighted by Gasteiger charge is -2.33. The van der Waals surface area contributed by atoms with Gasteiger partial charge in [0, 0.05) is 53.8 Å².